The summed E-state index contributed by atoms with van der Waals surface area (Å²) in [4.78, 5) is 16.0. The fraction of sp³-hybridized carbons (Fsp3) is 0.250. The molecule has 0 saturated carbocycles. The van der Waals surface area contributed by atoms with E-state index in [0.29, 0.717) is 16.7 Å². The molecule has 0 unspecified atom stereocenters. The van der Waals surface area contributed by atoms with Gasteiger partial charge in [-0.15, -0.1) is 11.8 Å². The molecule has 5 nitrogen and oxygen atoms in total. The highest BCUT2D eigenvalue weighted by atomic mass is 32.2. The van der Waals surface area contributed by atoms with Crippen LogP contribution in [0.3, 0.4) is 0 Å². The quantitative estimate of drug-likeness (QED) is 0.825. The zero-order chi connectivity index (χ0) is 13.7. The number of hydrogen-bond acceptors (Lipinski definition) is 5. The van der Waals surface area contributed by atoms with Crippen LogP contribution in [0.2, 0.25) is 0 Å². The van der Waals surface area contributed by atoms with Gasteiger partial charge in [0.2, 0.25) is 0 Å². The van der Waals surface area contributed by atoms with Gasteiger partial charge in [0.15, 0.2) is 11.0 Å². The Labute approximate surface area is 119 Å². The van der Waals surface area contributed by atoms with Gasteiger partial charge in [-0.05, 0) is 12.1 Å². The second-order valence-corrected chi connectivity index (χ2v) is 5.71. The molecule has 0 aliphatic heterocycles. The van der Waals surface area contributed by atoms with Crippen LogP contribution >= 0.6 is 23.5 Å². The molecule has 0 radical (unpaired) electrons. The highest BCUT2D eigenvalue weighted by Crippen LogP contribution is 2.22. The molecule has 0 amide bonds. The summed E-state index contributed by atoms with van der Waals surface area (Å²) in [5.41, 5.74) is 0. The van der Waals surface area contributed by atoms with E-state index in [1.165, 1.54) is 11.8 Å². The molecular weight excluding hydrogens is 282 g/mol. The predicted molar refractivity (Wildman–Crippen MR) is 75.4 cm³/mol. The molecule has 0 fully saturated rings. The minimum atomic E-state index is -0.854. The molecule has 7 heteroatoms. The minimum Gasteiger partial charge on any atom is -0.481 e. The minimum absolute atomic E-state index is 0.00218. The van der Waals surface area contributed by atoms with E-state index in [2.05, 4.69) is 10.1 Å². The lowest BCUT2D eigenvalue weighted by molar-refractivity contribution is -0.133. The van der Waals surface area contributed by atoms with Crippen molar-refractivity contribution in [3.8, 4) is 0 Å². The van der Waals surface area contributed by atoms with Gasteiger partial charge in [0.05, 0.1) is 11.5 Å². The molecule has 19 heavy (non-hydrogen) atoms. The molecule has 1 aromatic heterocycles. The Morgan fingerprint density at radius 3 is 2.74 bits per heavy atom. The van der Waals surface area contributed by atoms with Crippen LogP contribution in [-0.2, 0) is 17.6 Å². The maximum absolute atomic E-state index is 10.5. The van der Waals surface area contributed by atoms with Crippen molar-refractivity contribution in [1.29, 1.82) is 0 Å². The Morgan fingerprint density at radius 2 is 2.05 bits per heavy atom. The lowest BCUT2D eigenvalue weighted by atomic mass is 10.4. The highest BCUT2D eigenvalue weighted by Gasteiger charge is 2.09. The van der Waals surface area contributed by atoms with Gasteiger partial charge in [0.1, 0.15) is 0 Å². The van der Waals surface area contributed by atoms with Gasteiger partial charge in [0, 0.05) is 11.9 Å². The standard InChI is InChI=1S/C12H13N3O2S2/c1-15-12(19-8-11(16)17)13-10(14-15)7-18-9-5-3-2-4-6-9/h2-6H,7-8H2,1H3,(H,16,17). The van der Waals surface area contributed by atoms with Crippen LogP contribution in [0, 0.1) is 0 Å². The number of aryl methyl sites for hydroxylation is 1. The monoisotopic (exact) mass is 295 g/mol. The summed E-state index contributed by atoms with van der Waals surface area (Å²) < 4.78 is 1.62. The molecule has 0 atom stereocenters. The topological polar surface area (TPSA) is 68.0 Å². The average Bonchev–Trinajstić information content (AvgIpc) is 2.76. The smallest absolute Gasteiger partial charge is 0.313 e. The first kappa shape index (κ1) is 14.0. The Bertz CT molecular complexity index is 557. The number of thioether (sulfide) groups is 2. The number of rotatable bonds is 6. The number of aliphatic carboxylic acids is 1. The summed E-state index contributed by atoms with van der Waals surface area (Å²) in [6.45, 7) is 0. The van der Waals surface area contributed by atoms with Crippen LogP contribution in [0.15, 0.2) is 40.4 Å². The van der Waals surface area contributed by atoms with Crippen molar-refractivity contribution < 1.29 is 9.90 Å². The summed E-state index contributed by atoms with van der Waals surface area (Å²) in [5.74, 6) is 0.529. The van der Waals surface area contributed by atoms with Gasteiger partial charge in [-0.1, -0.05) is 30.0 Å². The van der Waals surface area contributed by atoms with Crippen molar-refractivity contribution in [2.45, 2.75) is 15.8 Å². The molecule has 1 heterocycles. The average molecular weight is 295 g/mol. The van der Waals surface area contributed by atoms with Crippen molar-refractivity contribution in [2.24, 2.45) is 7.05 Å². The van der Waals surface area contributed by atoms with E-state index in [0.717, 1.165) is 4.90 Å². The van der Waals surface area contributed by atoms with E-state index < -0.39 is 5.97 Å². The van der Waals surface area contributed by atoms with Crippen LogP contribution in [0.4, 0.5) is 0 Å². The largest absolute Gasteiger partial charge is 0.481 e. The second kappa shape index (κ2) is 6.63. The molecule has 1 aromatic carbocycles. The van der Waals surface area contributed by atoms with E-state index >= 15 is 0 Å². The number of aromatic nitrogens is 3. The molecule has 1 N–H and O–H groups in total. The first-order valence-electron chi connectivity index (χ1n) is 5.57. The zero-order valence-corrected chi connectivity index (χ0v) is 11.9. The summed E-state index contributed by atoms with van der Waals surface area (Å²) in [7, 11) is 1.77. The lowest BCUT2D eigenvalue weighted by Crippen LogP contribution is -2.00. The maximum atomic E-state index is 10.5. The van der Waals surface area contributed by atoms with Crippen molar-refractivity contribution >= 4 is 29.5 Å². The molecule has 0 aliphatic rings. The van der Waals surface area contributed by atoms with Gasteiger partial charge in [-0.2, -0.15) is 5.10 Å². The van der Waals surface area contributed by atoms with Gasteiger partial charge in [-0.3, -0.25) is 4.79 Å². The Morgan fingerprint density at radius 1 is 1.32 bits per heavy atom. The third-order valence-corrected chi connectivity index (χ3v) is 4.22. The second-order valence-electron chi connectivity index (χ2n) is 3.72. The number of carboxylic acids is 1. The third kappa shape index (κ3) is 4.29. The molecule has 0 bridgehead atoms. The van der Waals surface area contributed by atoms with E-state index in [4.69, 9.17) is 5.11 Å². The first-order valence-corrected chi connectivity index (χ1v) is 7.54. The van der Waals surface area contributed by atoms with Crippen LogP contribution in [0.25, 0.3) is 0 Å². The number of carboxylic acid groups (broad SMARTS) is 1. The van der Waals surface area contributed by atoms with Gasteiger partial charge >= 0.3 is 5.97 Å². The molecule has 0 saturated heterocycles. The fourth-order valence-corrected chi connectivity index (χ4v) is 2.82. The fourth-order valence-electron chi connectivity index (χ4n) is 1.40. The van der Waals surface area contributed by atoms with Crippen molar-refractivity contribution in [3.05, 3.63) is 36.2 Å². The molecule has 0 aliphatic carbocycles. The van der Waals surface area contributed by atoms with E-state index in [9.17, 15) is 4.79 Å². The van der Waals surface area contributed by atoms with Crippen molar-refractivity contribution in [1.82, 2.24) is 14.8 Å². The maximum Gasteiger partial charge on any atom is 0.313 e. The Hall–Kier alpha value is -1.47. The van der Waals surface area contributed by atoms with Gasteiger partial charge in [0.25, 0.3) is 0 Å². The Balaban J connectivity index is 1.94. The SMILES string of the molecule is Cn1nc(CSc2ccccc2)nc1SCC(=O)O. The van der Waals surface area contributed by atoms with E-state index in [1.807, 2.05) is 30.3 Å². The van der Waals surface area contributed by atoms with Crippen molar-refractivity contribution in [3.63, 3.8) is 0 Å². The zero-order valence-electron chi connectivity index (χ0n) is 10.3. The third-order valence-electron chi connectivity index (χ3n) is 2.20. The summed E-state index contributed by atoms with van der Waals surface area (Å²) in [6, 6.07) is 10.0. The van der Waals surface area contributed by atoms with Gasteiger partial charge < -0.3 is 5.11 Å². The van der Waals surface area contributed by atoms with E-state index in [-0.39, 0.29) is 5.75 Å². The van der Waals surface area contributed by atoms with Crippen LogP contribution in [-0.4, -0.2) is 31.6 Å². The first-order chi connectivity index (χ1) is 9.15. The van der Waals surface area contributed by atoms with Crippen LogP contribution in [0.1, 0.15) is 5.82 Å². The summed E-state index contributed by atoms with van der Waals surface area (Å²) in [6.07, 6.45) is 0. The highest BCUT2D eigenvalue weighted by molar-refractivity contribution is 7.99. The molecule has 0 spiro atoms. The van der Waals surface area contributed by atoms with E-state index in [1.54, 1.807) is 23.5 Å². The Kier molecular flexibility index (Phi) is 4.86. The lowest BCUT2D eigenvalue weighted by Gasteiger charge is -1.96. The predicted octanol–water partition coefficient (Wildman–Crippen LogP) is 2.28. The van der Waals surface area contributed by atoms with Crippen molar-refractivity contribution in [2.75, 3.05) is 5.75 Å². The summed E-state index contributed by atoms with van der Waals surface area (Å²) in [5, 5.41) is 13.5. The number of hydrogen-bond donors (Lipinski definition) is 1. The van der Waals surface area contributed by atoms with Crippen LogP contribution < -0.4 is 0 Å². The molecular formula is C12H13N3O2S2. The number of nitrogens with zero attached hydrogens (tertiary/aromatic N) is 3. The molecule has 2 aromatic rings. The number of carbonyl (C=O) groups is 1. The van der Waals surface area contributed by atoms with Gasteiger partial charge in [-0.25, -0.2) is 9.67 Å². The summed E-state index contributed by atoms with van der Waals surface area (Å²) >= 11 is 2.83. The number of benzene rings is 1. The molecule has 100 valence electrons. The van der Waals surface area contributed by atoms with Crippen LogP contribution in [0.5, 0.6) is 0 Å². The molecule has 2 rings (SSSR count). The normalized spacial score (nSPS) is 10.6.